The second kappa shape index (κ2) is 10.7. The first-order valence-electron chi connectivity index (χ1n) is 9.52. The van der Waals surface area contributed by atoms with E-state index in [0.29, 0.717) is 17.6 Å². The average Bonchev–Trinajstić information content (AvgIpc) is 2.62. The molecule has 150 valence electrons. The van der Waals surface area contributed by atoms with Crippen LogP contribution in [-0.2, 0) is 9.59 Å². The third kappa shape index (κ3) is 7.24. The highest BCUT2D eigenvalue weighted by Gasteiger charge is 2.36. The summed E-state index contributed by atoms with van der Waals surface area (Å²) in [6, 6.07) is 0. The Balaban J connectivity index is 2.83. The SMILES string of the molecule is CC1=C(/C=C/C(C)=C/C=C/C(C)=C/C=C/C=C(\C)C=O)C(C)(C)CC(O)C1=O. The first kappa shape index (κ1) is 23.5. The number of ketones is 1. The van der Waals surface area contributed by atoms with Crippen molar-refractivity contribution in [1.29, 1.82) is 0 Å². The summed E-state index contributed by atoms with van der Waals surface area (Å²) < 4.78 is 0. The monoisotopic (exact) mass is 380 g/mol. The van der Waals surface area contributed by atoms with Crippen LogP contribution in [0.3, 0.4) is 0 Å². The molecule has 0 aromatic rings. The number of aliphatic hydroxyl groups excluding tert-OH is 1. The van der Waals surface area contributed by atoms with Crippen LogP contribution in [0.15, 0.2) is 82.5 Å². The summed E-state index contributed by atoms with van der Waals surface area (Å²) in [5.74, 6) is -0.174. The zero-order valence-corrected chi connectivity index (χ0v) is 17.8. The fraction of sp³-hybridized carbons (Fsp3) is 0.360. The van der Waals surface area contributed by atoms with E-state index in [9.17, 15) is 14.7 Å². The Morgan fingerprint density at radius 1 is 0.964 bits per heavy atom. The van der Waals surface area contributed by atoms with Crippen molar-refractivity contribution in [2.24, 2.45) is 5.41 Å². The summed E-state index contributed by atoms with van der Waals surface area (Å²) in [6.45, 7) is 11.7. The number of hydrogen-bond acceptors (Lipinski definition) is 3. The smallest absolute Gasteiger partial charge is 0.187 e. The molecule has 0 spiro atoms. The number of hydrogen-bond donors (Lipinski definition) is 1. The van der Waals surface area contributed by atoms with Gasteiger partial charge in [-0.15, -0.1) is 0 Å². The Hall–Kier alpha value is -2.52. The number of carbonyl (C=O) groups is 2. The standard InChI is InChI=1S/C25H32O3/c1-18(10-7-8-11-20(3)17-26)12-9-13-19(2)14-15-22-21(4)24(28)23(27)16-25(22,5)6/h7-15,17,23,27H,16H2,1-6H3/b8-7+,12-9+,15-14+,18-10+,19-13+,20-11+. The predicted molar refractivity (Wildman–Crippen MR) is 117 cm³/mol. The summed E-state index contributed by atoms with van der Waals surface area (Å²) >= 11 is 0. The van der Waals surface area contributed by atoms with Crippen LogP contribution in [0.4, 0.5) is 0 Å². The largest absolute Gasteiger partial charge is 0.385 e. The molecular formula is C25H32O3. The maximum Gasteiger partial charge on any atom is 0.187 e. The lowest BCUT2D eigenvalue weighted by Crippen LogP contribution is -2.35. The molecule has 0 aromatic carbocycles. The second-order valence-electron chi connectivity index (χ2n) is 7.93. The van der Waals surface area contributed by atoms with Gasteiger partial charge in [-0.25, -0.2) is 0 Å². The molecule has 0 radical (unpaired) electrons. The van der Waals surface area contributed by atoms with E-state index >= 15 is 0 Å². The van der Waals surface area contributed by atoms with Crippen LogP contribution in [-0.4, -0.2) is 23.3 Å². The molecule has 1 aliphatic rings. The maximum atomic E-state index is 12.1. The minimum Gasteiger partial charge on any atom is -0.385 e. The Morgan fingerprint density at radius 3 is 2.11 bits per heavy atom. The van der Waals surface area contributed by atoms with Crippen molar-refractivity contribution in [2.75, 3.05) is 0 Å². The van der Waals surface area contributed by atoms with Gasteiger partial charge in [0.2, 0.25) is 0 Å². The third-order valence-corrected chi connectivity index (χ3v) is 4.76. The first-order valence-corrected chi connectivity index (χ1v) is 9.52. The minimum atomic E-state index is -0.895. The molecule has 0 bridgehead atoms. The number of aliphatic hydroxyl groups is 1. The highest BCUT2D eigenvalue weighted by atomic mass is 16.3. The second-order valence-corrected chi connectivity index (χ2v) is 7.93. The molecule has 0 aromatic heterocycles. The quantitative estimate of drug-likeness (QED) is 0.367. The molecule has 0 saturated carbocycles. The van der Waals surface area contributed by atoms with Crippen LogP contribution < -0.4 is 0 Å². The van der Waals surface area contributed by atoms with E-state index < -0.39 is 6.10 Å². The lowest BCUT2D eigenvalue weighted by Gasteiger charge is -2.34. The normalized spacial score (nSPS) is 22.2. The molecule has 1 atom stereocenters. The van der Waals surface area contributed by atoms with Crippen LogP contribution in [0.1, 0.15) is 48.0 Å². The van der Waals surface area contributed by atoms with Crippen molar-refractivity contribution in [2.45, 2.75) is 54.1 Å². The Bertz CT molecular complexity index is 809. The molecule has 1 aliphatic carbocycles. The highest BCUT2D eigenvalue weighted by Crippen LogP contribution is 2.39. The van der Waals surface area contributed by atoms with Crippen molar-refractivity contribution in [1.82, 2.24) is 0 Å². The number of Topliss-reactive ketones (excluding diaryl/α,β-unsaturated/α-hetero) is 1. The van der Waals surface area contributed by atoms with Gasteiger partial charge < -0.3 is 5.11 Å². The molecular weight excluding hydrogens is 348 g/mol. The lowest BCUT2D eigenvalue weighted by molar-refractivity contribution is -0.125. The van der Waals surface area contributed by atoms with Gasteiger partial charge in [0.05, 0.1) is 0 Å². The molecule has 0 aliphatic heterocycles. The molecule has 1 N–H and O–H groups in total. The molecule has 1 unspecified atom stereocenters. The van der Waals surface area contributed by atoms with E-state index in [4.69, 9.17) is 0 Å². The summed E-state index contributed by atoms with van der Waals surface area (Å²) in [5, 5.41) is 9.91. The topological polar surface area (TPSA) is 54.4 Å². The fourth-order valence-corrected chi connectivity index (χ4v) is 3.06. The molecule has 28 heavy (non-hydrogen) atoms. The third-order valence-electron chi connectivity index (χ3n) is 4.76. The fourth-order valence-electron chi connectivity index (χ4n) is 3.06. The summed E-state index contributed by atoms with van der Waals surface area (Å²) in [5.41, 5.74) is 4.25. The molecule has 1 rings (SSSR count). The first-order chi connectivity index (χ1) is 13.1. The van der Waals surface area contributed by atoms with Gasteiger partial charge in [-0.2, -0.15) is 0 Å². The van der Waals surface area contributed by atoms with Crippen LogP contribution in [0.25, 0.3) is 0 Å². The van der Waals surface area contributed by atoms with E-state index in [0.717, 1.165) is 23.0 Å². The van der Waals surface area contributed by atoms with Gasteiger partial charge in [0, 0.05) is 0 Å². The number of rotatable bonds is 7. The highest BCUT2D eigenvalue weighted by molar-refractivity contribution is 6.00. The van der Waals surface area contributed by atoms with Crippen LogP contribution >= 0.6 is 0 Å². The van der Waals surface area contributed by atoms with Crippen molar-refractivity contribution < 1.29 is 14.7 Å². The lowest BCUT2D eigenvalue weighted by atomic mass is 9.71. The number of carbonyl (C=O) groups excluding carboxylic acids is 2. The van der Waals surface area contributed by atoms with Crippen molar-refractivity contribution in [3.8, 4) is 0 Å². The van der Waals surface area contributed by atoms with E-state index in [2.05, 4.69) is 13.8 Å². The van der Waals surface area contributed by atoms with Gasteiger partial charge >= 0.3 is 0 Å². The van der Waals surface area contributed by atoms with Gasteiger partial charge in [0.15, 0.2) is 5.78 Å². The van der Waals surface area contributed by atoms with Crippen molar-refractivity contribution in [3.05, 3.63) is 82.5 Å². The molecule has 0 heterocycles. The Kier molecular flexibility index (Phi) is 9.01. The van der Waals surface area contributed by atoms with E-state index in [1.165, 1.54) is 0 Å². The van der Waals surface area contributed by atoms with Gasteiger partial charge in [0.1, 0.15) is 12.4 Å². The number of allylic oxidation sites excluding steroid dienone is 13. The van der Waals surface area contributed by atoms with Gasteiger partial charge in [-0.1, -0.05) is 79.7 Å². The van der Waals surface area contributed by atoms with Gasteiger partial charge in [-0.3, -0.25) is 9.59 Å². The van der Waals surface area contributed by atoms with Gasteiger partial charge in [0.25, 0.3) is 0 Å². The van der Waals surface area contributed by atoms with E-state index in [-0.39, 0.29) is 11.2 Å². The van der Waals surface area contributed by atoms with E-state index in [1.807, 2.05) is 62.5 Å². The van der Waals surface area contributed by atoms with Crippen molar-refractivity contribution >= 4 is 12.1 Å². The Morgan fingerprint density at radius 2 is 1.50 bits per heavy atom. The van der Waals surface area contributed by atoms with Crippen LogP contribution in [0, 0.1) is 5.41 Å². The van der Waals surface area contributed by atoms with Crippen LogP contribution in [0.5, 0.6) is 0 Å². The Labute approximate surface area is 169 Å². The summed E-state index contributed by atoms with van der Waals surface area (Å²) in [7, 11) is 0. The summed E-state index contributed by atoms with van der Waals surface area (Å²) in [6.07, 6.45) is 17.8. The average molecular weight is 381 g/mol. The molecule has 3 nitrogen and oxygen atoms in total. The zero-order chi connectivity index (χ0) is 21.3. The molecule has 3 heteroatoms. The molecule has 0 amide bonds. The van der Waals surface area contributed by atoms with Crippen molar-refractivity contribution in [3.63, 3.8) is 0 Å². The van der Waals surface area contributed by atoms with Crippen LogP contribution in [0.2, 0.25) is 0 Å². The van der Waals surface area contributed by atoms with Gasteiger partial charge in [-0.05, 0) is 56.3 Å². The summed E-state index contributed by atoms with van der Waals surface area (Å²) in [4.78, 5) is 22.6. The van der Waals surface area contributed by atoms with E-state index in [1.54, 1.807) is 19.9 Å². The number of aldehydes is 1. The maximum absolute atomic E-state index is 12.1. The minimum absolute atomic E-state index is 0.174. The zero-order valence-electron chi connectivity index (χ0n) is 17.8. The predicted octanol–water partition coefficient (Wildman–Crippen LogP) is 5.37. The molecule has 0 saturated heterocycles. The molecule has 0 fully saturated rings.